The van der Waals surface area contributed by atoms with E-state index < -0.39 is 36.5 Å². The Bertz CT molecular complexity index is 748. The molecule has 1 N–H and O–H groups in total. The molecule has 0 atom stereocenters. The van der Waals surface area contributed by atoms with E-state index in [1.54, 1.807) is 0 Å². The van der Waals surface area contributed by atoms with E-state index in [-0.39, 0.29) is 16.5 Å². The van der Waals surface area contributed by atoms with Gasteiger partial charge in [0.1, 0.15) is 17.1 Å². The van der Waals surface area contributed by atoms with Crippen molar-refractivity contribution in [2.24, 2.45) is 0 Å². The summed E-state index contributed by atoms with van der Waals surface area (Å²) in [4.78, 5) is 23.5. The summed E-state index contributed by atoms with van der Waals surface area (Å²) in [6, 6.07) is 8.77. The van der Waals surface area contributed by atoms with Crippen LogP contribution in [0.2, 0.25) is 5.02 Å². The summed E-state index contributed by atoms with van der Waals surface area (Å²) in [5.41, 5.74) is -0.197. The second-order valence-corrected chi connectivity index (χ2v) is 5.03. The van der Waals surface area contributed by atoms with E-state index in [9.17, 15) is 22.8 Å². The lowest BCUT2D eigenvalue weighted by atomic mass is 10.2. The highest BCUT2D eigenvalue weighted by molar-refractivity contribution is 6.33. The molecule has 0 fully saturated rings. The number of carbonyl (C=O) groups excluding carboxylic acids is 2. The molecule has 0 aliphatic heterocycles. The number of rotatable bonds is 6. The van der Waals surface area contributed by atoms with Crippen molar-refractivity contribution in [2.45, 2.75) is 6.61 Å². The summed E-state index contributed by atoms with van der Waals surface area (Å²) < 4.78 is 46.5. The molecule has 0 saturated carbocycles. The molecule has 0 heterocycles. The molecule has 1 amide bonds. The molecule has 0 aliphatic rings. The summed E-state index contributed by atoms with van der Waals surface area (Å²) >= 11 is 5.71. The molecular formula is C16H11ClF3NO4. The fourth-order valence-corrected chi connectivity index (χ4v) is 2.05. The number of halogens is 4. The number of amides is 1. The molecular weight excluding hydrogens is 363 g/mol. The summed E-state index contributed by atoms with van der Waals surface area (Å²) in [5.74, 6) is -2.73. The lowest BCUT2D eigenvalue weighted by molar-refractivity contribution is -0.119. The van der Waals surface area contributed by atoms with Gasteiger partial charge in [0.15, 0.2) is 6.61 Å². The number of benzene rings is 2. The first-order valence-corrected chi connectivity index (χ1v) is 7.20. The van der Waals surface area contributed by atoms with E-state index in [1.807, 2.05) is 0 Å². The molecule has 0 unspecified atom stereocenters. The molecule has 9 heteroatoms. The number of carbonyl (C=O) groups is 2. The molecule has 2 aromatic carbocycles. The van der Waals surface area contributed by atoms with E-state index in [1.165, 1.54) is 36.4 Å². The summed E-state index contributed by atoms with van der Waals surface area (Å²) in [5, 5.41) is 2.23. The zero-order valence-corrected chi connectivity index (χ0v) is 13.2. The maximum absolute atomic E-state index is 13.5. The number of nitrogens with one attached hydrogen (secondary N) is 1. The fourth-order valence-electron chi connectivity index (χ4n) is 1.81. The van der Waals surface area contributed by atoms with Crippen molar-refractivity contribution in [3.05, 3.63) is 58.9 Å². The van der Waals surface area contributed by atoms with Crippen molar-refractivity contribution in [3.8, 4) is 5.75 Å². The Morgan fingerprint density at radius 1 is 1.12 bits per heavy atom. The Morgan fingerprint density at radius 2 is 1.80 bits per heavy atom. The van der Waals surface area contributed by atoms with Crippen LogP contribution in [0.25, 0.3) is 0 Å². The SMILES string of the molecule is O=C(COC(=O)c1c(F)cccc1Cl)Nc1ccc(OC(F)F)cc1. The summed E-state index contributed by atoms with van der Waals surface area (Å²) in [6.45, 7) is -3.64. The number of esters is 1. The second-order valence-electron chi connectivity index (χ2n) is 4.62. The van der Waals surface area contributed by atoms with Crippen LogP contribution in [0.15, 0.2) is 42.5 Å². The van der Waals surface area contributed by atoms with Crippen LogP contribution in [0.4, 0.5) is 18.9 Å². The molecule has 2 aromatic rings. The van der Waals surface area contributed by atoms with E-state index in [2.05, 4.69) is 10.1 Å². The van der Waals surface area contributed by atoms with Crippen LogP contribution in [-0.2, 0) is 9.53 Å². The molecule has 0 radical (unpaired) electrons. The number of anilines is 1. The third kappa shape index (κ3) is 5.39. The normalized spacial score (nSPS) is 10.4. The third-order valence-electron chi connectivity index (χ3n) is 2.86. The van der Waals surface area contributed by atoms with Gasteiger partial charge in [0.25, 0.3) is 5.91 Å². The quantitative estimate of drug-likeness (QED) is 0.780. The second kappa shape index (κ2) is 8.39. The van der Waals surface area contributed by atoms with Gasteiger partial charge in [-0.2, -0.15) is 8.78 Å². The maximum Gasteiger partial charge on any atom is 0.387 e. The Hall–Kier alpha value is -2.74. The molecule has 0 bridgehead atoms. The van der Waals surface area contributed by atoms with Gasteiger partial charge in [0.2, 0.25) is 0 Å². The van der Waals surface area contributed by atoms with Crippen LogP contribution >= 0.6 is 11.6 Å². The van der Waals surface area contributed by atoms with Crippen LogP contribution in [-0.4, -0.2) is 25.1 Å². The van der Waals surface area contributed by atoms with Crippen molar-refractivity contribution in [1.29, 1.82) is 0 Å². The smallest absolute Gasteiger partial charge is 0.387 e. The van der Waals surface area contributed by atoms with Gasteiger partial charge in [-0.1, -0.05) is 17.7 Å². The number of hydrogen-bond donors (Lipinski definition) is 1. The molecule has 132 valence electrons. The predicted molar refractivity (Wildman–Crippen MR) is 83.4 cm³/mol. The highest BCUT2D eigenvalue weighted by Crippen LogP contribution is 2.20. The lowest BCUT2D eigenvalue weighted by Gasteiger charge is -2.09. The van der Waals surface area contributed by atoms with Crippen molar-refractivity contribution in [3.63, 3.8) is 0 Å². The molecule has 0 spiro atoms. The van der Waals surface area contributed by atoms with E-state index in [0.717, 1.165) is 6.07 Å². The molecule has 2 rings (SSSR count). The summed E-state index contributed by atoms with van der Waals surface area (Å²) in [6.07, 6.45) is 0. The predicted octanol–water partition coefficient (Wildman–Crippen LogP) is 3.88. The van der Waals surface area contributed by atoms with Crippen molar-refractivity contribution in [1.82, 2.24) is 0 Å². The summed E-state index contributed by atoms with van der Waals surface area (Å²) in [7, 11) is 0. The maximum atomic E-state index is 13.5. The first-order valence-electron chi connectivity index (χ1n) is 6.82. The van der Waals surface area contributed by atoms with Crippen molar-refractivity contribution >= 4 is 29.2 Å². The minimum absolute atomic E-state index is 0.0754. The monoisotopic (exact) mass is 373 g/mol. The minimum Gasteiger partial charge on any atom is -0.452 e. The van der Waals surface area contributed by atoms with Crippen LogP contribution in [0.1, 0.15) is 10.4 Å². The Balaban J connectivity index is 1.89. The van der Waals surface area contributed by atoms with Crippen LogP contribution in [0, 0.1) is 5.82 Å². The molecule has 5 nitrogen and oxygen atoms in total. The first kappa shape index (κ1) is 18.6. The number of hydrogen-bond acceptors (Lipinski definition) is 4. The fraction of sp³-hybridized carbons (Fsp3) is 0.125. The molecule has 25 heavy (non-hydrogen) atoms. The highest BCUT2D eigenvalue weighted by Gasteiger charge is 2.18. The standard InChI is InChI=1S/C16H11ClF3NO4/c17-11-2-1-3-12(18)14(11)15(23)24-8-13(22)21-9-4-6-10(7-5-9)25-16(19)20/h1-7,16H,8H2,(H,21,22). The van der Waals surface area contributed by atoms with E-state index in [4.69, 9.17) is 16.3 Å². The molecule has 0 aromatic heterocycles. The average Bonchev–Trinajstić information content (AvgIpc) is 2.54. The Labute approximate surface area is 145 Å². The topological polar surface area (TPSA) is 64.6 Å². The minimum atomic E-state index is -2.95. The highest BCUT2D eigenvalue weighted by atomic mass is 35.5. The Morgan fingerprint density at radius 3 is 2.40 bits per heavy atom. The Kier molecular flexibility index (Phi) is 6.24. The van der Waals surface area contributed by atoms with Crippen molar-refractivity contribution in [2.75, 3.05) is 11.9 Å². The number of ether oxygens (including phenoxy) is 2. The number of alkyl halides is 2. The van der Waals surface area contributed by atoms with Crippen LogP contribution < -0.4 is 10.1 Å². The van der Waals surface area contributed by atoms with Gasteiger partial charge in [-0.05, 0) is 36.4 Å². The van der Waals surface area contributed by atoms with Gasteiger partial charge in [0, 0.05) is 5.69 Å². The van der Waals surface area contributed by atoms with Gasteiger partial charge >= 0.3 is 12.6 Å². The third-order valence-corrected chi connectivity index (χ3v) is 3.18. The largest absolute Gasteiger partial charge is 0.452 e. The average molecular weight is 374 g/mol. The van der Waals surface area contributed by atoms with Gasteiger partial charge in [0.05, 0.1) is 5.02 Å². The van der Waals surface area contributed by atoms with Crippen LogP contribution in [0.5, 0.6) is 5.75 Å². The van der Waals surface area contributed by atoms with Gasteiger partial charge in [-0.3, -0.25) is 4.79 Å². The zero-order valence-electron chi connectivity index (χ0n) is 12.5. The van der Waals surface area contributed by atoms with E-state index in [0.29, 0.717) is 0 Å². The van der Waals surface area contributed by atoms with Gasteiger partial charge in [-0.25, -0.2) is 9.18 Å². The molecule has 0 aliphatic carbocycles. The van der Waals surface area contributed by atoms with Crippen LogP contribution in [0.3, 0.4) is 0 Å². The first-order chi connectivity index (χ1) is 11.9. The zero-order chi connectivity index (χ0) is 18.4. The van der Waals surface area contributed by atoms with Crippen molar-refractivity contribution < 1.29 is 32.2 Å². The lowest BCUT2D eigenvalue weighted by Crippen LogP contribution is -2.21. The van der Waals surface area contributed by atoms with Gasteiger partial charge < -0.3 is 14.8 Å². The van der Waals surface area contributed by atoms with E-state index >= 15 is 0 Å². The molecule has 0 saturated heterocycles. The van der Waals surface area contributed by atoms with Gasteiger partial charge in [-0.15, -0.1) is 0 Å².